The molecular formula is C29H32F3N7O2. The summed E-state index contributed by atoms with van der Waals surface area (Å²) < 4.78 is 39.9. The number of aromatic nitrogens is 1. The molecule has 5 rings (SSSR count). The lowest BCUT2D eigenvalue weighted by Crippen LogP contribution is -2.36. The minimum absolute atomic E-state index is 0.0408. The normalized spacial score (nSPS) is 16.0. The number of anilines is 3. The molecule has 1 fully saturated rings. The number of hydrogen-bond donors (Lipinski definition) is 4. The Morgan fingerprint density at radius 2 is 1.80 bits per heavy atom. The molecule has 0 bridgehead atoms. The largest absolute Gasteiger partial charge is 0.416 e. The Balaban J connectivity index is 1.28. The van der Waals surface area contributed by atoms with Gasteiger partial charge in [0, 0.05) is 44.4 Å². The highest BCUT2D eigenvalue weighted by molar-refractivity contribution is 6.03. The molecule has 1 saturated heterocycles. The monoisotopic (exact) mass is 567 g/mol. The summed E-state index contributed by atoms with van der Waals surface area (Å²) in [6.07, 6.45) is -2.70. The third kappa shape index (κ3) is 6.95. The zero-order valence-corrected chi connectivity index (χ0v) is 22.8. The average Bonchev–Trinajstić information content (AvgIpc) is 3.72. The fraction of sp³-hybridized carbons (Fsp3) is 0.345. The fourth-order valence-corrected chi connectivity index (χ4v) is 4.62. The van der Waals surface area contributed by atoms with Crippen LogP contribution >= 0.6 is 0 Å². The van der Waals surface area contributed by atoms with Crippen molar-refractivity contribution in [3.05, 3.63) is 71.8 Å². The molecule has 12 heteroatoms. The van der Waals surface area contributed by atoms with Crippen molar-refractivity contribution in [3.63, 3.8) is 0 Å². The molecule has 3 aromatic rings. The third-order valence-corrected chi connectivity index (χ3v) is 7.23. The molecule has 0 unspecified atom stereocenters. The Kier molecular flexibility index (Phi) is 7.87. The van der Waals surface area contributed by atoms with E-state index in [0.717, 1.165) is 17.7 Å². The average molecular weight is 568 g/mol. The standard InChI is InChI=1S/C29H32F3N7O2/c1-28(36-37-28)14-13-25(40)33-18-19-7-9-22(10-8-19)34-27(41)39-16-4-15-38(2)24-12-11-23(35-26(24)39)20-5-3-6-21(17-20)29(30,31)32/h3,5-12,17,36-37H,4,13-16,18H2,1-2H3,(H,33,40)(H,34,41). The molecule has 41 heavy (non-hydrogen) atoms. The van der Waals surface area contributed by atoms with Gasteiger partial charge in [0.25, 0.3) is 0 Å². The van der Waals surface area contributed by atoms with E-state index in [1.807, 2.05) is 31.0 Å². The first-order chi connectivity index (χ1) is 19.5. The summed E-state index contributed by atoms with van der Waals surface area (Å²) in [4.78, 5) is 33.7. The summed E-state index contributed by atoms with van der Waals surface area (Å²) in [5, 5.41) is 5.80. The summed E-state index contributed by atoms with van der Waals surface area (Å²) in [6.45, 7) is 3.43. The first-order valence-corrected chi connectivity index (χ1v) is 13.4. The maximum absolute atomic E-state index is 13.4. The number of nitrogens with zero attached hydrogens (tertiary/aromatic N) is 3. The quantitative estimate of drug-likeness (QED) is 0.303. The van der Waals surface area contributed by atoms with E-state index >= 15 is 0 Å². The molecule has 2 aliphatic rings. The van der Waals surface area contributed by atoms with E-state index in [1.165, 1.54) is 11.0 Å². The summed E-state index contributed by atoms with van der Waals surface area (Å²) in [7, 11) is 1.89. The van der Waals surface area contributed by atoms with E-state index in [1.54, 1.807) is 30.3 Å². The van der Waals surface area contributed by atoms with Crippen molar-refractivity contribution in [2.45, 2.75) is 44.6 Å². The molecule has 0 atom stereocenters. The number of carbonyl (C=O) groups is 2. The number of alkyl halides is 3. The molecule has 0 saturated carbocycles. The van der Waals surface area contributed by atoms with Gasteiger partial charge in [0.1, 0.15) is 0 Å². The molecule has 4 N–H and O–H groups in total. The van der Waals surface area contributed by atoms with Gasteiger partial charge in [-0.1, -0.05) is 24.3 Å². The molecule has 2 aliphatic heterocycles. The minimum Gasteiger partial charge on any atom is -0.372 e. The fourth-order valence-electron chi connectivity index (χ4n) is 4.62. The summed E-state index contributed by atoms with van der Waals surface area (Å²) in [5.41, 5.74) is 7.90. The van der Waals surface area contributed by atoms with Crippen molar-refractivity contribution in [2.24, 2.45) is 0 Å². The van der Waals surface area contributed by atoms with Crippen LogP contribution in [0.1, 0.15) is 37.3 Å². The van der Waals surface area contributed by atoms with Crippen molar-refractivity contribution < 1.29 is 22.8 Å². The zero-order chi connectivity index (χ0) is 29.2. The van der Waals surface area contributed by atoms with Gasteiger partial charge in [-0.25, -0.2) is 20.6 Å². The number of nitrogens with one attached hydrogen (secondary N) is 4. The van der Waals surface area contributed by atoms with E-state index in [0.29, 0.717) is 67.3 Å². The Labute approximate surface area is 236 Å². The SMILES string of the molecule is CN1CCCN(C(=O)Nc2ccc(CNC(=O)CCC3(C)NN3)cc2)c2nc(-c3cccc(C(F)(F)F)c3)ccc21. The van der Waals surface area contributed by atoms with Crippen LogP contribution in [-0.4, -0.2) is 42.7 Å². The number of benzene rings is 2. The number of rotatable bonds is 7. The first-order valence-electron chi connectivity index (χ1n) is 13.4. The van der Waals surface area contributed by atoms with Crippen molar-refractivity contribution in [1.29, 1.82) is 0 Å². The highest BCUT2D eigenvalue weighted by Gasteiger charge is 2.35. The van der Waals surface area contributed by atoms with Crippen LogP contribution in [0.25, 0.3) is 11.3 Å². The van der Waals surface area contributed by atoms with Gasteiger partial charge in [-0.05, 0) is 61.7 Å². The highest BCUT2D eigenvalue weighted by atomic mass is 19.4. The Morgan fingerprint density at radius 3 is 2.51 bits per heavy atom. The van der Waals surface area contributed by atoms with Crippen LogP contribution in [0.15, 0.2) is 60.7 Å². The predicted molar refractivity (Wildman–Crippen MR) is 151 cm³/mol. The van der Waals surface area contributed by atoms with Crippen LogP contribution in [0, 0.1) is 0 Å². The summed E-state index contributed by atoms with van der Waals surface area (Å²) >= 11 is 0. The second kappa shape index (κ2) is 11.4. The van der Waals surface area contributed by atoms with Gasteiger partial charge < -0.3 is 15.5 Å². The van der Waals surface area contributed by atoms with Crippen LogP contribution in [-0.2, 0) is 17.5 Å². The minimum atomic E-state index is -4.47. The van der Waals surface area contributed by atoms with Gasteiger partial charge in [0.2, 0.25) is 5.91 Å². The van der Waals surface area contributed by atoms with Gasteiger partial charge in [-0.3, -0.25) is 9.69 Å². The zero-order valence-electron chi connectivity index (χ0n) is 22.8. The van der Waals surface area contributed by atoms with E-state index < -0.39 is 17.8 Å². The van der Waals surface area contributed by atoms with Gasteiger partial charge in [-0.15, -0.1) is 0 Å². The van der Waals surface area contributed by atoms with Gasteiger partial charge in [0.15, 0.2) is 5.82 Å². The van der Waals surface area contributed by atoms with E-state index in [4.69, 9.17) is 0 Å². The molecule has 2 aromatic carbocycles. The van der Waals surface area contributed by atoms with Crippen LogP contribution in [0.5, 0.6) is 0 Å². The van der Waals surface area contributed by atoms with Crippen molar-refractivity contribution in [1.82, 2.24) is 21.2 Å². The number of hydrogen-bond acceptors (Lipinski definition) is 6. The van der Waals surface area contributed by atoms with E-state index in [2.05, 4.69) is 26.5 Å². The summed E-state index contributed by atoms with van der Waals surface area (Å²) in [5.74, 6) is 0.336. The second-order valence-electron chi connectivity index (χ2n) is 10.5. The number of fused-ring (bicyclic) bond motifs is 1. The van der Waals surface area contributed by atoms with Crippen LogP contribution < -0.4 is 31.3 Å². The first kappa shape index (κ1) is 28.4. The van der Waals surface area contributed by atoms with E-state index in [-0.39, 0.29) is 11.6 Å². The number of amides is 3. The van der Waals surface area contributed by atoms with Crippen molar-refractivity contribution >= 4 is 29.1 Å². The Morgan fingerprint density at radius 1 is 1.05 bits per heavy atom. The lowest BCUT2D eigenvalue weighted by atomic mass is 10.1. The van der Waals surface area contributed by atoms with Crippen molar-refractivity contribution in [3.8, 4) is 11.3 Å². The van der Waals surface area contributed by atoms with Crippen LogP contribution in [0.4, 0.5) is 35.2 Å². The number of urea groups is 1. The van der Waals surface area contributed by atoms with E-state index in [9.17, 15) is 22.8 Å². The molecule has 0 aliphatic carbocycles. The lowest BCUT2D eigenvalue weighted by Gasteiger charge is -2.24. The summed E-state index contributed by atoms with van der Waals surface area (Å²) in [6, 6.07) is 15.2. The molecule has 0 radical (unpaired) electrons. The maximum atomic E-state index is 13.4. The van der Waals surface area contributed by atoms with Crippen molar-refractivity contribution in [2.75, 3.05) is 35.3 Å². The molecule has 3 heterocycles. The Hall–Kier alpha value is -4.16. The topological polar surface area (TPSA) is 121 Å². The molecular weight excluding hydrogens is 535 g/mol. The van der Waals surface area contributed by atoms with Crippen LogP contribution in [0.3, 0.4) is 0 Å². The molecule has 9 nitrogen and oxygen atoms in total. The lowest BCUT2D eigenvalue weighted by molar-refractivity contribution is -0.137. The third-order valence-electron chi connectivity index (χ3n) is 7.23. The number of hydrazine groups is 1. The Bertz CT molecular complexity index is 1420. The smallest absolute Gasteiger partial charge is 0.372 e. The molecule has 216 valence electrons. The van der Waals surface area contributed by atoms with Gasteiger partial charge in [-0.2, -0.15) is 13.2 Å². The maximum Gasteiger partial charge on any atom is 0.416 e. The molecule has 1 aromatic heterocycles. The number of halogens is 3. The van der Waals surface area contributed by atoms with Crippen LogP contribution in [0.2, 0.25) is 0 Å². The highest BCUT2D eigenvalue weighted by Crippen LogP contribution is 2.35. The second-order valence-corrected chi connectivity index (χ2v) is 10.5. The van der Waals surface area contributed by atoms with Gasteiger partial charge in [0.05, 0.1) is 22.6 Å². The number of carbonyl (C=O) groups excluding carboxylic acids is 2. The molecule has 3 amide bonds. The number of pyridine rings is 1. The van der Waals surface area contributed by atoms with Gasteiger partial charge >= 0.3 is 12.2 Å². The predicted octanol–water partition coefficient (Wildman–Crippen LogP) is 4.87. The molecule has 0 spiro atoms.